The van der Waals surface area contributed by atoms with Gasteiger partial charge in [-0.15, -0.1) is 0 Å². The summed E-state index contributed by atoms with van der Waals surface area (Å²) in [5, 5.41) is 6.86. The third-order valence-electron chi connectivity index (χ3n) is 4.06. The molecule has 1 atom stereocenters. The van der Waals surface area contributed by atoms with Crippen LogP contribution in [0.3, 0.4) is 0 Å². The molecule has 26 heavy (non-hydrogen) atoms. The molecule has 0 radical (unpaired) electrons. The van der Waals surface area contributed by atoms with Crippen LogP contribution >= 0.6 is 0 Å². The SMILES string of the molecule is Cc1ccc(-c2noc([C@H](NC(=O)c3cccc(F)c3)C(C)C)n2)cc1. The Labute approximate surface area is 151 Å². The molecular formula is C20H20FN3O2. The predicted molar refractivity (Wildman–Crippen MR) is 95.9 cm³/mol. The van der Waals surface area contributed by atoms with Gasteiger partial charge in [0, 0.05) is 11.1 Å². The minimum absolute atomic E-state index is 0.0128. The Morgan fingerprint density at radius 3 is 2.54 bits per heavy atom. The number of hydrogen-bond donors (Lipinski definition) is 1. The van der Waals surface area contributed by atoms with Gasteiger partial charge in [0.1, 0.15) is 11.9 Å². The monoisotopic (exact) mass is 353 g/mol. The van der Waals surface area contributed by atoms with Crippen LogP contribution in [0.25, 0.3) is 11.4 Å². The van der Waals surface area contributed by atoms with E-state index < -0.39 is 17.8 Å². The first-order chi connectivity index (χ1) is 12.4. The first kappa shape index (κ1) is 17.8. The normalized spacial score (nSPS) is 12.2. The fourth-order valence-corrected chi connectivity index (χ4v) is 2.55. The molecule has 0 aliphatic heterocycles. The van der Waals surface area contributed by atoms with Gasteiger partial charge in [0.05, 0.1) is 0 Å². The Morgan fingerprint density at radius 1 is 1.15 bits per heavy atom. The van der Waals surface area contributed by atoms with Crippen LogP contribution in [0.2, 0.25) is 0 Å². The quantitative estimate of drug-likeness (QED) is 0.742. The molecular weight excluding hydrogens is 333 g/mol. The summed E-state index contributed by atoms with van der Waals surface area (Å²) in [5.74, 6) is -0.0544. The van der Waals surface area contributed by atoms with Crippen molar-refractivity contribution in [1.82, 2.24) is 15.5 Å². The second kappa shape index (κ2) is 7.47. The summed E-state index contributed by atoms with van der Waals surface area (Å²) in [4.78, 5) is 16.9. The number of aryl methyl sites for hydroxylation is 1. The third kappa shape index (κ3) is 3.96. The lowest BCUT2D eigenvalue weighted by Gasteiger charge is -2.18. The van der Waals surface area contributed by atoms with Crippen LogP contribution in [0, 0.1) is 18.7 Å². The number of nitrogens with one attached hydrogen (secondary N) is 1. The maximum absolute atomic E-state index is 13.3. The highest BCUT2D eigenvalue weighted by Gasteiger charge is 2.25. The van der Waals surface area contributed by atoms with Gasteiger partial charge in [-0.25, -0.2) is 4.39 Å². The number of aromatic nitrogens is 2. The van der Waals surface area contributed by atoms with Crippen molar-refractivity contribution in [3.63, 3.8) is 0 Å². The smallest absolute Gasteiger partial charge is 0.252 e. The van der Waals surface area contributed by atoms with Crippen molar-refractivity contribution in [2.45, 2.75) is 26.8 Å². The van der Waals surface area contributed by atoms with Gasteiger partial charge in [-0.2, -0.15) is 4.98 Å². The van der Waals surface area contributed by atoms with Gasteiger partial charge >= 0.3 is 0 Å². The summed E-state index contributed by atoms with van der Waals surface area (Å²) in [6.07, 6.45) is 0. The van der Waals surface area contributed by atoms with E-state index in [9.17, 15) is 9.18 Å². The van der Waals surface area contributed by atoms with Gasteiger partial charge < -0.3 is 9.84 Å². The van der Waals surface area contributed by atoms with Crippen molar-refractivity contribution < 1.29 is 13.7 Å². The van der Waals surface area contributed by atoms with Crippen LogP contribution < -0.4 is 5.32 Å². The second-order valence-corrected chi connectivity index (χ2v) is 6.53. The lowest BCUT2D eigenvalue weighted by molar-refractivity contribution is 0.0913. The number of carbonyl (C=O) groups excluding carboxylic acids is 1. The molecule has 1 heterocycles. The molecule has 3 rings (SSSR count). The standard InChI is InChI=1S/C20H20FN3O2/c1-12(2)17(22-19(25)15-5-4-6-16(21)11-15)20-23-18(24-26-20)14-9-7-13(3)8-10-14/h4-12,17H,1-3H3,(H,22,25)/t17-/m1/s1. The van der Waals surface area contributed by atoms with Crippen molar-refractivity contribution in [2.24, 2.45) is 5.92 Å². The van der Waals surface area contributed by atoms with Crippen molar-refractivity contribution in [3.8, 4) is 11.4 Å². The van der Waals surface area contributed by atoms with E-state index in [0.717, 1.165) is 11.1 Å². The van der Waals surface area contributed by atoms with Crippen LogP contribution in [0.5, 0.6) is 0 Å². The molecule has 0 bridgehead atoms. The topological polar surface area (TPSA) is 68.0 Å². The van der Waals surface area contributed by atoms with E-state index in [4.69, 9.17) is 4.52 Å². The van der Waals surface area contributed by atoms with Gasteiger partial charge in [0.25, 0.3) is 5.91 Å². The van der Waals surface area contributed by atoms with E-state index in [0.29, 0.717) is 11.7 Å². The fourth-order valence-electron chi connectivity index (χ4n) is 2.55. The number of halogens is 1. The molecule has 1 amide bonds. The summed E-state index contributed by atoms with van der Waals surface area (Å²) in [6, 6.07) is 12.8. The summed E-state index contributed by atoms with van der Waals surface area (Å²) in [7, 11) is 0. The Morgan fingerprint density at radius 2 is 1.88 bits per heavy atom. The van der Waals surface area contributed by atoms with Crippen molar-refractivity contribution >= 4 is 5.91 Å². The largest absolute Gasteiger partial charge is 0.340 e. The van der Waals surface area contributed by atoms with Gasteiger partial charge in [-0.3, -0.25) is 4.79 Å². The lowest BCUT2D eigenvalue weighted by Crippen LogP contribution is -2.32. The minimum Gasteiger partial charge on any atom is -0.340 e. The Kier molecular flexibility index (Phi) is 5.11. The number of carbonyl (C=O) groups is 1. The molecule has 6 heteroatoms. The first-order valence-electron chi connectivity index (χ1n) is 8.41. The van der Waals surface area contributed by atoms with E-state index >= 15 is 0 Å². The number of amides is 1. The van der Waals surface area contributed by atoms with Crippen LogP contribution in [-0.4, -0.2) is 16.0 Å². The van der Waals surface area contributed by atoms with E-state index in [1.54, 1.807) is 6.07 Å². The molecule has 0 aliphatic carbocycles. The molecule has 134 valence electrons. The highest BCUT2D eigenvalue weighted by molar-refractivity contribution is 5.94. The molecule has 2 aromatic carbocycles. The molecule has 1 N–H and O–H groups in total. The fraction of sp³-hybridized carbons (Fsp3) is 0.250. The van der Waals surface area contributed by atoms with Crippen molar-refractivity contribution in [3.05, 3.63) is 71.4 Å². The van der Waals surface area contributed by atoms with E-state index in [-0.39, 0.29) is 11.5 Å². The van der Waals surface area contributed by atoms with E-state index in [2.05, 4.69) is 15.5 Å². The molecule has 0 saturated carbocycles. The summed E-state index contributed by atoms with van der Waals surface area (Å²) < 4.78 is 18.7. The minimum atomic E-state index is -0.475. The van der Waals surface area contributed by atoms with Gasteiger partial charge in [0.15, 0.2) is 0 Å². The summed E-state index contributed by atoms with van der Waals surface area (Å²) in [6.45, 7) is 5.88. The molecule has 0 aliphatic rings. The average Bonchev–Trinajstić information content (AvgIpc) is 3.09. The maximum atomic E-state index is 13.3. The first-order valence-corrected chi connectivity index (χ1v) is 8.41. The Bertz CT molecular complexity index is 903. The molecule has 3 aromatic rings. The molecule has 5 nitrogen and oxygen atoms in total. The number of benzene rings is 2. The van der Waals surface area contributed by atoms with Crippen molar-refractivity contribution in [1.29, 1.82) is 0 Å². The molecule has 1 aromatic heterocycles. The van der Waals surface area contributed by atoms with Crippen LogP contribution in [0.1, 0.15) is 41.7 Å². The number of rotatable bonds is 5. The molecule has 0 saturated heterocycles. The Balaban J connectivity index is 1.82. The summed E-state index contributed by atoms with van der Waals surface area (Å²) >= 11 is 0. The summed E-state index contributed by atoms with van der Waals surface area (Å²) in [5.41, 5.74) is 2.22. The third-order valence-corrected chi connectivity index (χ3v) is 4.06. The number of hydrogen-bond acceptors (Lipinski definition) is 4. The molecule has 0 fully saturated rings. The predicted octanol–water partition coefficient (Wildman–Crippen LogP) is 4.31. The second-order valence-electron chi connectivity index (χ2n) is 6.53. The van der Waals surface area contributed by atoms with Crippen molar-refractivity contribution in [2.75, 3.05) is 0 Å². The van der Waals surface area contributed by atoms with Crippen LogP contribution in [0.15, 0.2) is 53.1 Å². The van der Waals surface area contributed by atoms with Gasteiger partial charge in [0.2, 0.25) is 11.7 Å². The highest BCUT2D eigenvalue weighted by Crippen LogP contribution is 2.24. The average molecular weight is 353 g/mol. The van der Waals surface area contributed by atoms with E-state index in [1.165, 1.54) is 18.2 Å². The molecule has 0 spiro atoms. The van der Waals surface area contributed by atoms with Crippen LogP contribution in [-0.2, 0) is 0 Å². The van der Waals surface area contributed by atoms with Crippen LogP contribution in [0.4, 0.5) is 4.39 Å². The van der Waals surface area contributed by atoms with Gasteiger partial charge in [-0.05, 0) is 31.0 Å². The zero-order chi connectivity index (χ0) is 18.7. The lowest BCUT2D eigenvalue weighted by atomic mass is 10.0. The zero-order valence-electron chi connectivity index (χ0n) is 14.9. The number of nitrogens with zero attached hydrogens (tertiary/aromatic N) is 2. The Hall–Kier alpha value is -3.02. The van der Waals surface area contributed by atoms with Gasteiger partial charge in [-0.1, -0.05) is 54.9 Å². The highest BCUT2D eigenvalue weighted by atomic mass is 19.1. The zero-order valence-corrected chi connectivity index (χ0v) is 14.9. The maximum Gasteiger partial charge on any atom is 0.252 e. The van der Waals surface area contributed by atoms with E-state index in [1.807, 2.05) is 45.0 Å². The molecule has 0 unspecified atom stereocenters.